The Bertz CT molecular complexity index is 1670. The van der Waals surface area contributed by atoms with E-state index >= 15 is 0 Å². The Balaban J connectivity index is 1.38. The molecule has 54 heavy (non-hydrogen) atoms. The second-order valence-corrected chi connectivity index (χ2v) is 17.2. The van der Waals surface area contributed by atoms with Crippen LogP contribution in [0.3, 0.4) is 0 Å². The highest BCUT2D eigenvalue weighted by molar-refractivity contribution is 7.90. The predicted molar refractivity (Wildman–Crippen MR) is 201 cm³/mol. The summed E-state index contributed by atoms with van der Waals surface area (Å²) < 4.78 is 39.5. The van der Waals surface area contributed by atoms with Gasteiger partial charge in [-0.2, -0.15) is 0 Å². The first-order valence-corrected chi connectivity index (χ1v) is 21.2. The van der Waals surface area contributed by atoms with E-state index in [4.69, 9.17) is 9.47 Å². The molecule has 4 aliphatic rings. The van der Waals surface area contributed by atoms with E-state index in [-0.39, 0.29) is 32.4 Å². The summed E-state index contributed by atoms with van der Waals surface area (Å²) in [4.78, 5) is 71.7. The lowest BCUT2D eigenvalue weighted by atomic mass is 10.0. The summed E-state index contributed by atoms with van der Waals surface area (Å²) in [6.45, 7) is 6.22. The van der Waals surface area contributed by atoms with Gasteiger partial charge in [0.15, 0.2) is 0 Å². The van der Waals surface area contributed by atoms with Gasteiger partial charge in [0.25, 0.3) is 5.91 Å². The third-order valence-corrected chi connectivity index (χ3v) is 13.0. The van der Waals surface area contributed by atoms with E-state index in [1.807, 2.05) is 36.4 Å². The average molecular weight is 772 g/mol. The number of benzene rings is 1. The first kappa shape index (κ1) is 41.0. The first-order chi connectivity index (χ1) is 25.9. The molecule has 0 aromatic heterocycles. The zero-order valence-corrected chi connectivity index (χ0v) is 32.7. The van der Waals surface area contributed by atoms with Crippen LogP contribution in [0.1, 0.15) is 109 Å². The molecule has 6 atom stereocenters. The molecule has 298 valence electrons. The maximum atomic E-state index is 14.4. The topological polar surface area (TPSA) is 181 Å². The standard InChI is InChI=1S/C39H57N5O9S/c1-4-6-7-15-22-52-37(48)40-32-19-12-10-8-9-11-18-30-24-39(30,36(47)42-54(50,51)27(3)5-2)41-34(45)33-23-31(26-44(33)35(32)46)53-38(49)43-21-20-28-16-13-14-17-29(28)25-43/h11,13-14,16-18,27,30-33H,4-10,12,15,19-26H2,1-3H3,(H,40,48)(H,41,45)(H,42,47)/b18-11-/t27?,30-,31-,32+,33+,39-/m1/s1. The minimum atomic E-state index is -4.02. The van der Waals surface area contributed by atoms with Crippen LogP contribution in [0.2, 0.25) is 0 Å². The van der Waals surface area contributed by atoms with Crippen molar-refractivity contribution in [2.24, 2.45) is 5.92 Å². The number of alkyl carbamates (subject to hydrolysis) is 1. The second-order valence-electron chi connectivity index (χ2n) is 15.1. The molecule has 0 radical (unpaired) electrons. The van der Waals surface area contributed by atoms with E-state index in [0.29, 0.717) is 45.2 Å². The summed E-state index contributed by atoms with van der Waals surface area (Å²) >= 11 is 0. The van der Waals surface area contributed by atoms with E-state index in [1.165, 1.54) is 11.8 Å². The van der Waals surface area contributed by atoms with Gasteiger partial charge in [0.05, 0.1) is 18.4 Å². The number of hydrogen-bond acceptors (Lipinski definition) is 9. The SMILES string of the molecule is CCCCCCOC(=O)N[C@H]1CCCCC/C=C\[C@@H]2C[C@@]2(C(=O)NS(=O)(=O)C(C)CC)NC(=O)[C@@H]2C[C@@H](OC(=O)N3CCc4ccccc4C3)CN2C1=O. The molecule has 0 spiro atoms. The van der Waals surface area contributed by atoms with E-state index < -0.39 is 74.8 Å². The molecule has 5 rings (SSSR count). The fraction of sp³-hybridized carbons (Fsp3) is 0.667. The van der Waals surface area contributed by atoms with Gasteiger partial charge in [-0.3, -0.25) is 19.1 Å². The Morgan fingerprint density at radius 2 is 1.83 bits per heavy atom. The number of nitrogens with zero attached hydrogens (tertiary/aromatic N) is 2. The molecular weight excluding hydrogens is 715 g/mol. The van der Waals surface area contributed by atoms with Crippen LogP contribution in [-0.2, 0) is 46.8 Å². The van der Waals surface area contributed by atoms with Crippen molar-refractivity contribution in [3.8, 4) is 0 Å². The monoisotopic (exact) mass is 771 g/mol. The average Bonchev–Trinajstić information content (AvgIpc) is 3.69. The summed E-state index contributed by atoms with van der Waals surface area (Å²) in [7, 11) is -4.02. The minimum absolute atomic E-state index is 0.0499. The number of nitrogens with one attached hydrogen (secondary N) is 3. The Kier molecular flexibility index (Phi) is 14.0. The molecule has 3 N–H and O–H groups in total. The van der Waals surface area contributed by atoms with Crippen LogP contribution in [0.15, 0.2) is 36.4 Å². The Morgan fingerprint density at radius 3 is 2.59 bits per heavy atom. The molecule has 1 unspecified atom stereocenters. The van der Waals surface area contributed by atoms with Gasteiger partial charge in [-0.25, -0.2) is 18.0 Å². The van der Waals surface area contributed by atoms with Gasteiger partial charge in [0.2, 0.25) is 21.8 Å². The number of hydrogen-bond donors (Lipinski definition) is 3. The van der Waals surface area contributed by atoms with Crippen molar-refractivity contribution < 1.29 is 41.9 Å². The largest absolute Gasteiger partial charge is 0.450 e. The maximum Gasteiger partial charge on any atom is 0.410 e. The van der Waals surface area contributed by atoms with E-state index in [1.54, 1.807) is 11.8 Å². The third-order valence-electron chi connectivity index (χ3n) is 11.2. The number of ether oxygens (including phenoxy) is 2. The summed E-state index contributed by atoms with van der Waals surface area (Å²) in [6, 6.07) is 5.70. The molecule has 3 aliphatic heterocycles. The highest BCUT2D eigenvalue weighted by Crippen LogP contribution is 2.46. The summed E-state index contributed by atoms with van der Waals surface area (Å²) in [5.41, 5.74) is 0.641. The number of carbonyl (C=O) groups is 5. The van der Waals surface area contributed by atoms with Gasteiger partial charge in [-0.15, -0.1) is 0 Å². The molecule has 1 saturated heterocycles. The molecule has 3 heterocycles. The zero-order valence-electron chi connectivity index (χ0n) is 31.8. The van der Waals surface area contributed by atoms with Gasteiger partial charge in [-0.1, -0.05) is 82.4 Å². The Labute approximate surface area is 319 Å². The molecule has 1 saturated carbocycles. The van der Waals surface area contributed by atoms with Gasteiger partial charge in [0.1, 0.15) is 23.7 Å². The zero-order chi connectivity index (χ0) is 38.9. The molecular formula is C39H57N5O9S. The van der Waals surface area contributed by atoms with Gasteiger partial charge < -0.3 is 29.9 Å². The molecule has 1 aromatic carbocycles. The predicted octanol–water partition coefficient (Wildman–Crippen LogP) is 4.47. The summed E-state index contributed by atoms with van der Waals surface area (Å²) in [6.07, 6.45) is 9.53. The highest BCUT2D eigenvalue weighted by atomic mass is 32.2. The smallest absolute Gasteiger partial charge is 0.410 e. The lowest BCUT2D eigenvalue weighted by Gasteiger charge is -2.30. The lowest BCUT2D eigenvalue weighted by molar-refractivity contribution is -0.141. The number of sulfonamides is 1. The van der Waals surface area contributed by atoms with Crippen molar-refractivity contribution in [3.05, 3.63) is 47.5 Å². The number of unbranched alkanes of at least 4 members (excludes halogenated alkanes) is 3. The first-order valence-electron chi connectivity index (χ1n) is 19.7. The quantitative estimate of drug-likeness (QED) is 0.216. The van der Waals surface area contributed by atoms with Crippen LogP contribution in [-0.4, -0.2) is 96.8 Å². The van der Waals surface area contributed by atoms with Gasteiger partial charge >= 0.3 is 12.2 Å². The number of fused-ring (bicyclic) bond motifs is 3. The maximum absolute atomic E-state index is 14.4. The van der Waals surface area contributed by atoms with Crippen LogP contribution < -0.4 is 15.4 Å². The van der Waals surface area contributed by atoms with E-state index in [0.717, 1.165) is 43.2 Å². The lowest BCUT2D eigenvalue weighted by Crippen LogP contribution is -2.58. The fourth-order valence-electron chi connectivity index (χ4n) is 7.45. The molecule has 1 aromatic rings. The molecule has 14 nitrogen and oxygen atoms in total. The Hall–Kier alpha value is -4.14. The van der Waals surface area contributed by atoms with Crippen LogP contribution in [0, 0.1) is 5.92 Å². The van der Waals surface area contributed by atoms with Gasteiger partial charge in [0, 0.05) is 25.4 Å². The van der Waals surface area contributed by atoms with Crippen LogP contribution in [0.5, 0.6) is 0 Å². The molecule has 0 bridgehead atoms. The van der Waals surface area contributed by atoms with Crippen LogP contribution in [0.25, 0.3) is 0 Å². The van der Waals surface area contributed by atoms with Gasteiger partial charge in [-0.05, 0) is 63.0 Å². The molecule has 15 heteroatoms. The van der Waals surface area contributed by atoms with E-state index in [2.05, 4.69) is 22.3 Å². The molecule has 1 aliphatic carbocycles. The summed E-state index contributed by atoms with van der Waals surface area (Å²) in [5, 5.41) is 4.74. The molecule has 2 fully saturated rings. The number of amides is 5. The number of rotatable bonds is 11. The van der Waals surface area contributed by atoms with Crippen molar-refractivity contribution in [2.45, 2.75) is 140 Å². The van der Waals surface area contributed by atoms with E-state index in [9.17, 15) is 32.4 Å². The van der Waals surface area contributed by atoms with Crippen LogP contribution in [0.4, 0.5) is 9.59 Å². The van der Waals surface area contributed by atoms with Crippen molar-refractivity contribution in [1.82, 2.24) is 25.2 Å². The number of carbonyl (C=O) groups excluding carboxylic acids is 5. The van der Waals surface area contributed by atoms with Crippen LogP contribution >= 0.6 is 0 Å². The highest BCUT2D eigenvalue weighted by Gasteiger charge is 2.62. The second kappa shape index (κ2) is 18.5. The van der Waals surface area contributed by atoms with Crippen molar-refractivity contribution >= 4 is 39.9 Å². The normalized spacial score (nSPS) is 27.1. The van der Waals surface area contributed by atoms with Crippen molar-refractivity contribution in [3.63, 3.8) is 0 Å². The fourth-order valence-corrected chi connectivity index (χ4v) is 8.53. The Morgan fingerprint density at radius 1 is 1.06 bits per heavy atom. The number of allylic oxidation sites excluding steroid dienone is 1. The van der Waals surface area contributed by atoms with Crippen molar-refractivity contribution in [1.29, 1.82) is 0 Å². The van der Waals surface area contributed by atoms with Crippen molar-refractivity contribution in [2.75, 3.05) is 19.7 Å². The molecule has 5 amide bonds. The third kappa shape index (κ3) is 10.1. The summed E-state index contributed by atoms with van der Waals surface area (Å²) in [5.74, 6) is -2.49. The minimum Gasteiger partial charge on any atom is -0.450 e.